The van der Waals surface area contributed by atoms with E-state index in [0.717, 1.165) is 37.4 Å². The molecule has 1 fully saturated rings. The van der Waals surface area contributed by atoms with Crippen LogP contribution in [-0.4, -0.2) is 48.0 Å². The van der Waals surface area contributed by atoms with Crippen LogP contribution in [0.5, 0.6) is 0 Å². The van der Waals surface area contributed by atoms with E-state index in [2.05, 4.69) is 72.4 Å². The van der Waals surface area contributed by atoms with Crippen LogP contribution in [0.25, 0.3) is 0 Å². The van der Waals surface area contributed by atoms with Crippen LogP contribution in [0.3, 0.4) is 0 Å². The molecule has 1 aromatic carbocycles. The molecule has 1 aliphatic rings. The molecule has 0 aliphatic carbocycles. The minimum absolute atomic E-state index is 0.244. The van der Waals surface area contributed by atoms with Crippen molar-refractivity contribution in [1.82, 2.24) is 9.47 Å². The lowest BCUT2D eigenvalue weighted by Gasteiger charge is -2.35. The Morgan fingerprint density at radius 1 is 1.04 bits per heavy atom. The van der Waals surface area contributed by atoms with Crippen LogP contribution in [0.2, 0.25) is 0 Å². The van der Waals surface area contributed by atoms with Crippen LogP contribution in [0, 0.1) is 13.8 Å². The summed E-state index contributed by atoms with van der Waals surface area (Å²) in [6, 6.07) is 13.0. The van der Waals surface area contributed by atoms with E-state index >= 15 is 0 Å². The van der Waals surface area contributed by atoms with Crippen molar-refractivity contribution in [3.8, 4) is 0 Å². The number of para-hydroxylation sites is 1. The molecule has 0 N–H and O–H groups in total. The van der Waals surface area contributed by atoms with Gasteiger partial charge in [-0.2, -0.15) is 0 Å². The zero-order chi connectivity index (χ0) is 18.0. The SMILES string of the molecule is Cc1cc(C(=O)CN2CCN(c3ccccc3)CC2)c(C)n1C(C)C. The molecule has 0 atom stereocenters. The van der Waals surface area contributed by atoms with Gasteiger partial charge in [-0.05, 0) is 45.9 Å². The van der Waals surface area contributed by atoms with Gasteiger partial charge in [-0.25, -0.2) is 0 Å². The van der Waals surface area contributed by atoms with E-state index in [1.165, 1.54) is 11.4 Å². The average Bonchev–Trinajstić information content (AvgIpc) is 2.91. The maximum Gasteiger partial charge on any atom is 0.178 e. The number of aromatic nitrogens is 1. The molecule has 2 heterocycles. The quantitative estimate of drug-likeness (QED) is 0.778. The third kappa shape index (κ3) is 3.79. The highest BCUT2D eigenvalue weighted by atomic mass is 16.1. The molecule has 2 aromatic rings. The molecular weight excluding hydrogens is 310 g/mol. The second kappa shape index (κ2) is 7.44. The zero-order valence-electron chi connectivity index (χ0n) is 15.8. The van der Waals surface area contributed by atoms with Crippen LogP contribution >= 0.6 is 0 Å². The number of carbonyl (C=O) groups is 1. The van der Waals surface area contributed by atoms with Gasteiger partial charge in [0.25, 0.3) is 0 Å². The van der Waals surface area contributed by atoms with Crippen molar-refractivity contribution in [2.75, 3.05) is 37.6 Å². The van der Waals surface area contributed by atoms with E-state index < -0.39 is 0 Å². The predicted octanol–water partition coefficient (Wildman–Crippen LogP) is 3.69. The standard InChI is InChI=1S/C21H29N3O/c1-16(2)24-17(3)14-20(18(24)4)21(25)15-22-10-12-23(13-11-22)19-8-6-5-7-9-19/h5-9,14,16H,10-13,15H2,1-4H3. The first-order valence-corrected chi connectivity index (χ1v) is 9.21. The Hall–Kier alpha value is -2.07. The molecular formula is C21H29N3O. The highest BCUT2D eigenvalue weighted by molar-refractivity contribution is 5.99. The molecule has 1 aromatic heterocycles. The summed E-state index contributed by atoms with van der Waals surface area (Å²) in [4.78, 5) is 17.5. The first-order valence-electron chi connectivity index (χ1n) is 9.21. The summed E-state index contributed by atoms with van der Waals surface area (Å²) < 4.78 is 2.25. The molecule has 4 heteroatoms. The normalized spacial score (nSPS) is 15.8. The molecule has 3 rings (SSSR count). The fourth-order valence-electron chi connectivity index (χ4n) is 3.95. The summed E-state index contributed by atoms with van der Waals surface area (Å²) in [7, 11) is 0. The Morgan fingerprint density at radius 3 is 2.24 bits per heavy atom. The van der Waals surface area contributed by atoms with Crippen molar-refractivity contribution >= 4 is 11.5 Å². The van der Waals surface area contributed by atoms with E-state index in [0.29, 0.717) is 12.6 Å². The number of nitrogens with zero attached hydrogens (tertiary/aromatic N) is 3. The maximum absolute atomic E-state index is 12.8. The predicted molar refractivity (Wildman–Crippen MR) is 104 cm³/mol. The van der Waals surface area contributed by atoms with Crippen molar-refractivity contribution in [3.63, 3.8) is 0 Å². The lowest BCUT2D eigenvalue weighted by molar-refractivity contribution is 0.0925. The highest BCUT2D eigenvalue weighted by Crippen LogP contribution is 2.21. The summed E-state index contributed by atoms with van der Waals surface area (Å²) in [5.74, 6) is 0.244. The van der Waals surface area contributed by atoms with E-state index in [4.69, 9.17) is 0 Å². The Balaban J connectivity index is 1.61. The molecule has 0 radical (unpaired) electrons. The molecule has 1 saturated heterocycles. The molecule has 0 amide bonds. The van der Waals surface area contributed by atoms with Crippen molar-refractivity contribution in [2.45, 2.75) is 33.7 Å². The largest absolute Gasteiger partial charge is 0.369 e. The smallest absolute Gasteiger partial charge is 0.178 e. The molecule has 4 nitrogen and oxygen atoms in total. The number of hydrogen-bond donors (Lipinski definition) is 0. The number of Topliss-reactive ketones (excluding diaryl/α,β-unsaturated/α-hetero) is 1. The van der Waals surface area contributed by atoms with Gasteiger partial charge in [-0.1, -0.05) is 18.2 Å². The zero-order valence-corrected chi connectivity index (χ0v) is 15.8. The van der Waals surface area contributed by atoms with Gasteiger partial charge < -0.3 is 9.47 Å². The van der Waals surface area contributed by atoms with Crippen LogP contribution in [0.15, 0.2) is 36.4 Å². The lowest BCUT2D eigenvalue weighted by atomic mass is 10.1. The summed E-state index contributed by atoms with van der Waals surface area (Å²) in [6.45, 7) is 12.8. The van der Waals surface area contributed by atoms with E-state index in [9.17, 15) is 4.79 Å². The first-order chi connectivity index (χ1) is 12.0. The van der Waals surface area contributed by atoms with E-state index in [-0.39, 0.29) is 5.78 Å². The van der Waals surface area contributed by atoms with Crippen molar-refractivity contribution in [3.05, 3.63) is 53.3 Å². The summed E-state index contributed by atoms with van der Waals surface area (Å²) >= 11 is 0. The average molecular weight is 339 g/mol. The van der Waals surface area contributed by atoms with Gasteiger partial charge in [-0.15, -0.1) is 0 Å². The van der Waals surface area contributed by atoms with Crippen molar-refractivity contribution in [1.29, 1.82) is 0 Å². The van der Waals surface area contributed by atoms with Gasteiger partial charge >= 0.3 is 0 Å². The minimum atomic E-state index is 0.244. The number of rotatable bonds is 5. The second-order valence-electron chi connectivity index (χ2n) is 7.27. The monoisotopic (exact) mass is 339 g/mol. The third-order valence-electron chi connectivity index (χ3n) is 5.16. The number of aryl methyl sites for hydroxylation is 1. The third-order valence-corrected chi connectivity index (χ3v) is 5.16. The number of benzene rings is 1. The molecule has 0 bridgehead atoms. The van der Waals surface area contributed by atoms with Crippen LogP contribution in [-0.2, 0) is 0 Å². The van der Waals surface area contributed by atoms with Gasteiger partial charge in [0.1, 0.15) is 0 Å². The molecule has 1 aliphatic heterocycles. The Bertz CT molecular complexity index is 725. The van der Waals surface area contributed by atoms with E-state index in [1.54, 1.807) is 0 Å². The minimum Gasteiger partial charge on any atom is -0.369 e. The van der Waals surface area contributed by atoms with Gasteiger partial charge in [0.2, 0.25) is 0 Å². The molecule has 0 spiro atoms. The molecule has 25 heavy (non-hydrogen) atoms. The Morgan fingerprint density at radius 2 is 1.68 bits per heavy atom. The summed E-state index contributed by atoms with van der Waals surface area (Å²) in [5.41, 5.74) is 4.43. The Kier molecular flexibility index (Phi) is 5.28. The van der Waals surface area contributed by atoms with Crippen LogP contribution in [0.4, 0.5) is 5.69 Å². The summed E-state index contributed by atoms with van der Waals surface area (Å²) in [6.07, 6.45) is 0. The van der Waals surface area contributed by atoms with Crippen molar-refractivity contribution < 1.29 is 4.79 Å². The van der Waals surface area contributed by atoms with Gasteiger partial charge in [-0.3, -0.25) is 9.69 Å². The molecule has 0 saturated carbocycles. The number of piperazine rings is 1. The second-order valence-corrected chi connectivity index (χ2v) is 7.27. The number of carbonyl (C=O) groups excluding carboxylic acids is 1. The number of anilines is 1. The van der Waals surface area contributed by atoms with Gasteiger partial charge in [0, 0.05) is 54.9 Å². The van der Waals surface area contributed by atoms with E-state index in [1.807, 2.05) is 6.07 Å². The maximum atomic E-state index is 12.8. The fourth-order valence-corrected chi connectivity index (χ4v) is 3.95. The summed E-state index contributed by atoms with van der Waals surface area (Å²) in [5, 5.41) is 0. The first kappa shape index (κ1) is 17.7. The van der Waals surface area contributed by atoms with Gasteiger partial charge in [0.05, 0.1) is 6.54 Å². The molecule has 0 unspecified atom stereocenters. The molecule has 134 valence electrons. The number of hydrogen-bond acceptors (Lipinski definition) is 3. The highest BCUT2D eigenvalue weighted by Gasteiger charge is 2.22. The lowest BCUT2D eigenvalue weighted by Crippen LogP contribution is -2.48. The van der Waals surface area contributed by atoms with Gasteiger partial charge in [0.15, 0.2) is 5.78 Å². The topological polar surface area (TPSA) is 28.5 Å². The Labute approximate surface area is 151 Å². The number of ketones is 1. The fraction of sp³-hybridized carbons (Fsp3) is 0.476. The van der Waals surface area contributed by atoms with Crippen molar-refractivity contribution in [2.24, 2.45) is 0 Å². The van der Waals surface area contributed by atoms with Crippen LogP contribution < -0.4 is 4.90 Å². The van der Waals surface area contributed by atoms with Crippen LogP contribution in [0.1, 0.15) is 41.6 Å².